The molecule has 0 aliphatic carbocycles. The van der Waals surface area contributed by atoms with Crippen LogP contribution < -0.4 is 0 Å². The van der Waals surface area contributed by atoms with Crippen LogP contribution in [0, 0.1) is 0 Å². The Labute approximate surface area is 358 Å². The summed E-state index contributed by atoms with van der Waals surface area (Å²) in [5.41, 5.74) is 12.2. The van der Waals surface area contributed by atoms with Crippen LogP contribution in [0.4, 0.5) is 0 Å². The molecule has 0 aliphatic heterocycles. The van der Waals surface area contributed by atoms with Crippen LogP contribution in [0.15, 0.2) is 218 Å². The number of hydrogen-bond acceptors (Lipinski definition) is 2. The van der Waals surface area contributed by atoms with E-state index in [4.69, 9.17) is 9.97 Å². The van der Waals surface area contributed by atoms with Crippen LogP contribution in [-0.4, -0.2) is 9.97 Å². The van der Waals surface area contributed by atoms with Gasteiger partial charge >= 0.3 is 0 Å². The molecule has 13 aromatic rings. The molecule has 0 spiro atoms. The number of aromatic nitrogens is 2. The summed E-state index contributed by atoms with van der Waals surface area (Å²) in [7, 11) is 0. The van der Waals surface area contributed by atoms with Crippen molar-refractivity contribution in [1.29, 1.82) is 0 Å². The quantitative estimate of drug-likeness (QED) is 0.131. The van der Waals surface area contributed by atoms with Gasteiger partial charge in [-0.3, -0.25) is 0 Å². The zero-order chi connectivity index (χ0) is 40.7. The Morgan fingerprint density at radius 2 is 0.677 bits per heavy atom. The van der Waals surface area contributed by atoms with Gasteiger partial charge in [0.25, 0.3) is 0 Å². The molecule has 0 N–H and O–H groups in total. The Hall–Kier alpha value is -8.20. The van der Waals surface area contributed by atoms with Gasteiger partial charge in [-0.05, 0) is 99.9 Å². The van der Waals surface area contributed by atoms with Gasteiger partial charge in [0.1, 0.15) is 0 Å². The molecule has 0 aliphatic rings. The zero-order valence-corrected chi connectivity index (χ0v) is 33.7. The van der Waals surface area contributed by atoms with Crippen molar-refractivity contribution < 1.29 is 0 Å². The van der Waals surface area contributed by atoms with Gasteiger partial charge in [-0.1, -0.05) is 200 Å². The average molecular weight is 785 g/mol. The van der Waals surface area contributed by atoms with Crippen molar-refractivity contribution in [2.24, 2.45) is 0 Å². The summed E-state index contributed by atoms with van der Waals surface area (Å²) in [6.07, 6.45) is 0. The smallest absolute Gasteiger partial charge is 0.0978 e. The van der Waals surface area contributed by atoms with E-state index in [0.717, 1.165) is 44.0 Å². The maximum absolute atomic E-state index is 5.62. The van der Waals surface area contributed by atoms with E-state index in [1.54, 1.807) is 0 Å². The molecule has 0 bridgehead atoms. The highest BCUT2D eigenvalue weighted by molar-refractivity contribution is 6.30. The molecule has 0 saturated heterocycles. The van der Waals surface area contributed by atoms with Gasteiger partial charge in [-0.15, -0.1) is 0 Å². The SMILES string of the molecule is c1ccc(-c2c3ccccc3nc3c2ccc2ccc(-c4c5ccccc5c(-c5c6ccccc6c(-c6ccc7ccccc7c6)c6ccccc56)c5ccccc45)nc23)cc1. The second-order valence-electron chi connectivity index (χ2n) is 16.3. The molecular formula is C60H36N2. The van der Waals surface area contributed by atoms with Crippen molar-refractivity contribution in [2.75, 3.05) is 0 Å². The van der Waals surface area contributed by atoms with Crippen LogP contribution >= 0.6 is 0 Å². The molecule has 11 aromatic carbocycles. The van der Waals surface area contributed by atoms with Gasteiger partial charge in [-0.25, -0.2) is 9.97 Å². The Morgan fingerprint density at radius 1 is 0.226 bits per heavy atom. The first-order chi connectivity index (χ1) is 30.8. The van der Waals surface area contributed by atoms with E-state index in [1.165, 1.54) is 87.2 Å². The number of para-hydroxylation sites is 1. The van der Waals surface area contributed by atoms with Crippen molar-refractivity contribution in [1.82, 2.24) is 9.97 Å². The van der Waals surface area contributed by atoms with E-state index in [0.29, 0.717) is 0 Å². The number of fused-ring (bicyclic) bond motifs is 9. The molecule has 2 heterocycles. The van der Waals surface area contributed by atoms with Gasteiger partial charge in [0, 0.05) is 27.3 Å². The molecule has 286 valence electrons. The van der Waals surface area contributed by atoms with Gasteiger partial charge in [0.05, 0.1) is 22.2 Å². The predicted molar refractivity (Wildman–Crippen MR) is 264 cm³/mol. The van der Waals surface area contributed by atoms with Gasteiger partial charge in [0.2, 0.25) is 0 Å². The van der Waals surface area contributed by atoms with Crippen molar-refractivity contribution in [3.8, 4) is 44.6 Å². The topological polar surface area (TPSA) is 25.8 Å². The van der Waals surface area contributed by atoms with E-state index in [1.807, 2.05) is 0 Å². The maximum Gasteiger partial charge on any atom is 0.0978 e. The molecule has 13 rings (SSSR count). The molecule has 62 heavy (non-hydrogen) atoms. The summed E-state index contributed by atoms with van der Waals surface area (Å²) in [5.74, 6) is 0. The van der Waals surface area contributed by atoms with Gasteiger partial charge < -0.3 is 0 Å². The predicted octanol–water partition coefficient (Wildman–Crippen LogP) is 16.4. The Morgan fingerprint density at radius 3 is 1.29 bits per heavy atom. The fourth-order valence-corrected chi connectivity index (χ4v) is 10.3. The van der Waals surface area contributed by atoms with Crippen LogP contribution in [-0.2, 0) is 0 Å². The van der Waals surface area contributed by atoms with Crippen LogP contribution in [0.25, 0.3) is 131 Å². The number of nitrogens with zero attached hydrogens (tertiary/aromatic N) is 2. The minimum atomic E-state index is 0.904. The maximum atomic E-state index is 5.62. The highest BCUT2D eigenvalue weighted by Gasteiger charge is 2.23. The van der Waals surface area contributed by atoms with Crippen LogP contribution in [0.3, 0.4) is 0 Å². The first kappa shape index (κ1) is 34.6. The van der Waals surface area contributed by atoms with E-state index in [9.17, 15) is 0 Å². The molecule has 0 fully saturated rings. The molecule has 0 amide bonds. The number of rotatable bonds is 4. The third-order valence-corrected chi connectivity index (χ3v) is 13.0. The lowest BCUT2D eigenvalue weighted by Crippen LogP contribution is -1.96. The van der Waals surface area contributed by atoms with Crippen LogP contribution in [0.1, 0.15) is 0 Å². The summed E-state index contributed by atoms with van der Waals surface area (Å²) in [5, 5.41) is 15.5. The van der Waals surface area contributed by atoms with Crippen molar-refractivity contribution in [2.45, 2.75) is 0 Å². The van der Waals surface area contributed by atoms with Crippen molar-refractivity contribution in [3.05, 3.63) is 218 Å². The first-order valence-corrected chi connectivity index (χ1v) is 21.3. The lowest BCUT2D eigenvalue weighted by Gasteiger charge is -2.22. The Kier molecular flexibility index (Phi) is 7.64. The molecule has 0 saturated carbocycles. The monoisotopic (exact) mass is 784 g/mol. The lowest BCUT2D eigenvalue weighted by molar-refractivity contribution is 1.40. The van der Waals surface area contributed by atoms with E-state index in [2.05, 4.69) is 218 Å². The fourth-order valence-electron chi connectivity index (χ4n) is 10.3. The van der Waals surface area contributed by atoms with Crippen molar-refractivity contribution >= 4 is 86.6 Å². The van der Waals surface area contributed by atoms with Crippen LogP contribution in [0.5, 0.6) is 0 Å². The van der Waals surface area contributed by atoms with E-state index in [-0.39, 0.29) is 0 Å². The van der Waals surface area contributed by atoms with E-state index < -0.39 is 0 Å². The highest BCUT2D eigenvalue weighted by Crippen LogP contribution is 2.50. The molecule has 0 atom stereocenters. The number of hydrogen-bond donors (Lipinski definition) is 0. The summed E-state index contributed by atoms with van der Waals surface area (Å²) < 4.78 is 0. The Balaban J connectivity index is 1.11. The standard InChI is InChI=1S/C60H36N2/c1-2-17-38(18-3-1)54-50-28-14-15-29-52(50)61-60-51(54)34-32-39-33-35-53(62-59(39)60)56-44-22-8-12-26-48(44)58(49-27-13-9-23-45(49)56)57-46-24-10-6-20-42(46)55(43-21-7-11-25-47(43)57)41-31-30-37-16-4-5-19-40(37)36-41/h1-36H. The third kappa shape index (κ3) is 5.17. The largest absolute Gasteiger partial charge is 0.245 e. The lowest BCUT2D eigenvalue weighted by atomic mass is 9.81. The highest BCUT2D eigenvalue weighted by atomic mass is 14.8. The average Bonchev–Trinajstić information content (AvgIpc) is 3.34. The number of pyridine rings is 2. The minimum absolute atomic E-state index is 0.904. The summed E-state index contributed by atoms with van der Waals surface area (Å²) in [4.78, 5) is 11.0. The second-order valence-corrected chi connectivity index (χ2v) is 16.3. The van der Waals surface area contributed by atoms with Crippen LogP contribution in [0.2, 0.25) is 0 Å². The molecular weight excluding hydrogens is 749 g/mol. The first-order valence-electron chi connectivity index (χ1n) is 21.3. The minimum Gasteiger partial charge on any atom is -0.245 e. The van der Waals surface area contributed by atoms with Crippen molar-refractivity contribution in [3.63, 3.8) is 0 Å². The molecule has 2 heteroatoms. The second kappa shape index (κ2) is 13.7. The third-order valence-electron chi connectivity index (χ3n) is 13.0. The summed E-state index contributed by atoms with van der Waals surface area (Å²) >= 11 is 0. The number of benzene rings is 11. The Bertz CT molecular complexity index is 3860. The fraction of sp³-hybridized carbons (Fsp3) is 0. The molecule has 0 unspecified atom stereocenters. The van der Waals surface area contributed by atoms with E-state index >= 15 is 0 Å². The molecule has 0 radical (unpaired) electrons. The summed E-state index contributed by atoms with van der Waals surface area (Å²) in [6, 6.07) is 79.4. The zero-order valence-electron chi connectivity index (χ0n) is 33.7. The van der Waals surface area contributed by atoms with Gasteiger partial charge in [0.15, 0.2) is 0 Å². The summed E-state index contributed by atoms with van der Waals surface area (Å²) in [6.45, 7) is 0. The molecule has 2 nitrogen and oxygen atoms in total. The molecule has 2 aromatic heterocycles. The normalized spacial score (nSPS) is 11.9. The van der Waals surface area contributed by atoms with Gasteiger partial charge in [-0.2, -0.15) is 0 Å².